The molecule has 0 aliphatic heterocycles. The molecule has 2 N–H and O–H groups in total. The van der Waals surface area contributed by atoms with E-state index in [1.54, 1.807) is 4.68 Å². The SMILES string of the molecule is Cc1nn(C)c(C)c1NC(=O)Nc1ccccc1. The van der Waals surface area contributed by atoms with Gasteiger partial charge in [0.1, 0.15) is 0 Å². The predicted octanol–water partition coefficient (Wildman–Crippen LogP) is 2.68. The van der Waals surface area contributed by atoms with Gasteiger partial charge in [-0.15, -0.1) is 0 Å². The molecule has 0 saturated heterocycles. The van der Waals surface area contributed by atoms with E-state index in [2.05, 4.69) is 15.7 Å². The number of hydrogen-bond donors (Lipinski definition) is 2. The number of aromatic nitrogens is 2. The van der Waals surface area contributed by atoms with E-state index in [0.717, 1.165) is 22.8 Å². The van der Waals surface area contributed by atoms with E-state index in [-0.39, 0.29) is 6.03 Å². The van der Waals surface area contributed by atoms with Crippen LogP contribution in [-0.2, 0) is 7.05 Å². The second-order valence-electron chi connectivity index (χ2n) is 4.11. The second kappa shape index (κ2) is 4.91. The van der Waals surface area contributed by atoms with Gasteiger partial charge in [0.2, 0.25) is 0 Å². The van der Waals surface area contributed by atoms with E-state index in [0.29, 0.717) is 0 Å². The van der Waals surface area contributed by atoms with Crippen LogP contribution in [0.5, 0.6) is 0 Å². The van der Waals surface area contributed by atoms with Gasteiger partial charge < -0.3 is 10.6 Å². The number of hydrogen-bond acceptors (Lipinski definition) is 2. The third-order valence-electron chi connectivity index (χ3n) is 2.78. The lowest BCUT2D eigenvalue weighted by molar-refractivity contribution is 0.262. The highest BCUT2D eigenvalue weighted by Crippen LogP contribution is 2.18. The fourth-order valence-electron chi connectivity index (χ4n) is 1.75. The van der Waals surface area contributed by atoms with E-state index in [9.17, 15) is 4.79 Å². The van der Waals surface area contributed by atoms with Gasteiger partial charge in [0.05, 0.1) is 17.1 Å². The van der Waals surface area contributed by atoms with Gasteiger partial charge in [0.25, 0.3) is 0 Å². The van der Waals surface area contributed by atoms with Crippen molar-refractivity contribution in [2.45, 2.75) is 13.8 Å². The summed E-state index contributed by atoms with van der Waals surface area (Å²) < 4.78 is 1.74. The van der Waals surface area contributed by atoms with Crippen molar-refractivity contribution >= 4 is 17.4 Å². The van der Waals surface area contributed by atoms with Crippen LogP contribution in [0.25, 0.3) is 0 Å². The summed E-state index contributed by atoms with van der Waals surface area (Å²) >= 11 is 0. The van der Waals surface area contributed by atoms with Crippen LogP contribution in [0.2, 0.25) is 0 Å². The molecule has 2 aromatic rings. The average molecular weight is 244 g/mol. The summed E-state index contributed by atoms with van der Waals surface area (Å²) in [6.45, 7) is 3.78. The lowest BCUT2D eigenvalue weighted by Gasteiger charge is -2.07. The first-order valence-electron chi connectivity index (χ1n) is 5.71. The molecule has 0 saturated carbocycles. The molecule has 0 radical (unpaired) electrons. The molecule has 0 spiro atoms. The molecule has 0 bridgehead atoms. The molecular formula is C13H16N4O. The molecule has 1 aromatic carbocycles. The van der Waals surface area contributed by atoms with E-state index in [1.165, 1.54) is 0 Å². The summed E-state index contributed by atoms with van der Waals surface area (Å²) in [4.78, 5) is 11.8. The molecule has 0 aliphatic rings. The monoisotopic (exact) mass is 244 g/mol. The van der Waals surface area contributed by atoms with Crippen molar-refractivity contribution in [1.29, 1.82) is 0 Å². The molecule has 0 fully saturated rings. The van der Waals surface area contributed by atoms with Crippen molar-refractivity contribution in [3.05, 3.63) is 41.7 Å². The fraction of sp³-hybridized carbons (Fsp3) is 0.231. The number of urea groups is 1. The lowest BCUT2D eigenvalue weighted by atomic mass is 10.3. The predicted molar refractivity (Wildman–Crippen MR) is 71.8 cm³/mol. The highest BCUT2D eigenvalue weighted by molar-refractivity contribution is 6.00. The van der Waals surface area contributed by atoms with Crippen molar-refractivity contribution in [1.82, 2.24) is 9.78 Å². The Morgan fingerprint density at radius 2 is 1.83 bits per heavy atom. The number of nitrogens with one attached hydrogen (secondary N) is 2. The molecule has 1 heterocycles. The molecule has 0 atom stereocenters. The van der Waals surface area contributed by atoms with Crippen LogP contribution in [0.15, 0.2) is 30.3 Å². The normalized spacial score (nSPS) is 10.2. The first-order chi connectivity index (χ1) is 8.58. The fourth-order valence-corrected chi connectivity index (χ4v) is 1.75. The Morgan fingerprint density at radius 3 is 2.39 bits per heavy atom. The summed E-state index contributed by atoms with van der Waals surface area (Å²) in [5, 5.41) is 9.83. The zero-order valence-corrected chi connectivity index (χ0v) is 10.7. The van der Waals surface area contributed by atoms with Crippen molar-refractivity contribution in [2.24, 2.45) is 7.05 Å². The Bertz CT molecular complexity index is 560. The lowest BCUT2D eigenvalue weighted by Crippen LogP contribution is -2.20. The van der Waals surface area contributed by atoms with E-state index in [4.69, 9.17) is 0 Å². The first kappa shape index (κ1) is 12.2. The third-order valence-corrected chi connectivity index (χ3v) is 2.78. The van der Waals surface area contributed by atoms with Crippen LogP contribution in [0.4, 0.5) is 16.2 Å². The quantitative estimate of drug-likeness (QED) is 0.853. The van der Waals surface area contributed by atoms with Crippen molar-refractivity contribution in [3.63, 3.8) is 0 Å². The molecule has 18 heavy (non-hydrogen) atoms. The minimum atomic E-state index is -0.264. The van der Waals surface area contributed by atoms with E-state index < -0.39 is 0 Å². The van der Waals surface area contributed by atoms with Gasteiger partial charge >= 0.3 is 6.03 Å². The molecule has 0 unspecified atom stereocenters. The smallest absolute Gasteiger partial charge is 0.308 e. The summed E-state index contributed by atoms with van der Waals surface area (Å²) in [7, 11) is 1.85. The summed E-state index contributed by atoms with van der Waals surface area (Å²) in [6.07, 6.45) is 0. The van der Waals surface area contributed by atoms with E-state index >= 15 is 0 Å². The number of anilines is 2. The van der Waals surface area contributed by atoms with E-state index in [1.807, 2.05) is 51.2 Å². The zero-order chi connectivity index (χ0) is 13.1. The Labute approximate surface area is 106 Å². The van der Waals surface area contributed by atoms with Gasteiger partial charge in [-0.05, 0) is 26.0 Å². The summed E-state index contributed by atoms with van der Waals surface area (Å²) in [5.74, 6) is 0. The van der Waals surface area contributed by atoms with Gasteiger partial charge in [0, 0.05) is 12.7 Å². The standard InChI is InChI=1S/C13H16N4O/c1-9-12(10(2)17(3)16-9)15-13(18)14-11-7-5-4-6-8-11/h4-8H,1-3H3,(H2,14,15,18). The van der Waals surface area contributed by atoms with Gasteiger partial charge in [-0.1, -0.05) is 18.2 Å². The van der Waals surface area contributed by atoms with Crippen LogP contribution < -0.4 is 10.6 Å². The highest BCUT2D eigenvalue weighted by Gasteiger charge is 2.12. The number of carbonyl (C=O) groups excluding carboxylic acids is 1. The number of amides is 2. The zero-order valence-electron chi connectivity index (χ0n) is 10.7. The Kier molecular flexibility index (Phi) is 3.32. The molecule has 5 nitrogen and oxygen atoms in total. The minimum absolute atomic E-state index is 0.264. The highest BCUT2D eigenvalue weighted by atomic mass is 16.2. The van der Waals surface area contributed by atoms with Crippen LogP contribution >= 0.6 is 0 Å². The van der Waals surface area contributed by atoms with Crippen molar-refractivity contribution in [3.8, 4) is 0 Å². The molecule has 94 valence electrons. The Balaban J connectivity index is 2.08. The molecule has 2 amide bonds. The summed E-state index contributed by atoms with van der Waals surface area (Å²) in [6, 6.07) is 9.05. The van der Waals surface area contributed by atoms with Crippen LogP contribution in [0.3, 0.4) is 0 Å². The number of benzene rings is 1. The molecule has 2 rings (SSSR count). The van der Waals surface area contributed by atoms with Gasteiger partial charge in [0.15, 0.2) is 0 Å². The number of para-hydroxylation sites is 1. The van der Waals surface area contributed by atoms with Crippen LogP contribution in [-0.4, -0.2) is 15.8 Å². The maximum absolute atomic E-state index is 11.8. The first-order valence-corrected chi connectivity index (χ1v) is 5.71. The van der Waals surface area contributed by atoms with Crippen molar-refractivity contribution < 1.29 is 4.79 Å². The molecule has 1 aromatic heterocycles. The van der Waals surface area contributed by atoms with Gasteiger partial charge in [-0.3, -0.25) is 4.68 Å². The molecule has 0 aliphatic carbocycles. The maximum Gasteiger partial charge on any atom is 0.323 e. The second-order valence-corrected chi connectivity index (χ2v) is 4.11. The van der Waals surface area contributed by atoms with Crippen LogP contribution in [0, 0.1) is 13.8 Å². The third kappa shape index (κ3) is 2.51. The maximum atomic E-state index is 11.8. The van der Waals surface area contributed by atoms with Gasteiger partial charge in [-0.2, -0.15) is 5.10 Å². The number of rotatable bonds is 2. The largest absolute Gasteiger partial charge is 0.323 e. The Morgan fingerprint density at radius 1 is 1.17 bits per heavy atom. The topological polar surface area (TPSA) is 59.0 Å². The van der Waals surface area contributed by atoms with Gasteiger partial charge in [-0.25, -0.2) is 4.79 Å². The average Bonchev–Trinajstić information content (AvgIpc) is 2.57. The number of carbonyl (C=O) groups is 1. The molecular weight excluding hydrogens is 228 g/mol. The summed E-state index contributed by atoms with van der Waals surface area (Å²) in [5.41, 5.74) is 3.24. The molecule has 5 heteroatoms. The number of aryl methyl sites for hydroxylation is 2. The van der Waals surface area contributed by atoms with Crippen LogP contribution in [0.1, 0.15) is 11.4 Å². The van der Waals surface area contributed by atoms with Crippen molar-refractivity contribution in [2.75, 3.05) is 10.6 Å². The Hall–Kier alpha value is -2.30. The minimum Gasteiger partial charge on any atom is -0.308 e. The number of nitrogens with zero attached hydrogens (tertiary/aromatic N) is 2.